The van der Waals surface area contributed by atoms with E-state index in [1.54, 1.807) is 25.3 Å². The second-order valence-electron chi connectivity index (χ2n) is 5.93. The molecule has 1 N–H and O–H groups in total. The molecule has 0 saturated carbocycles. The lowest BCUT2D eigenvalue weighted by atomic mass is 10.1. The Kier molecular flexibility index (Phi) is 6.94. The standard InChI is InChI=1S/C21H20FN3O4/c1-27-17-7-5-15(6-8-17)19-9-10-21(25-24-19)28-12-11-23-20(26)14-29-18-4-2-3-16(22)13-18/h2-10,13H,11-12,14H2,1H3,(H,23,26). The maximum atomic E-state index is 13.0. The Bertz CT molecular complexity index is 933. The lowest BCUT2D eigenvalue weighted by Gasteiger charge is -2.08. The molecule has 0 bridgehead atoms. The topological polar surface area (TPSA) is 82.6 Å². The van der Waals surface area contributed by atoms with Crippen LogP contribution in [0.15, 0.2) is 60.7 Å². The van der Waals surface area contributed by atoms with Crippen LogP contribution in [0.4, 0.5) is 4.39 Å². The van der Waals surface area contributed by atoms with E-state index in [1.807, 2.05) is 24.3 Å². The molecule has 29 heavy (non-hydrogen) atoms. The van der Waals surface area contributed by atoms with Gasteiger partial charge in [-0.3, -0.25) is 4.79 Å². The molecule has 7 nitrogen and oxygen atoms in total. The number of hydrogen-bond acceptors (Lipinski definition) is 6. The highest BCUT2D eigenvalue weighted by atomic mass is 19.1. The van der Waals surface area contributed by atoms with E-state index in [9.17, 15) is 9.18 Å². The Morgan fingerprint density at radius 3 is 2.52 bits per heavy atom. The molecule has 0 aliphatic carbocycles. The maximum Gasteiger partial charge on any atom is 0.258 e. The summed E-state index contributed by atoms with van der Waals surface area (Å²) in [6.45, 7) is 0.287. The van der Waals surface area contributed by atoms with Gasteiger partial charge in [0.15, 0.2) is 6.61 Å². The van der Waals surface area contributed by atoms with Crippen LogP contribution in [-0.2, 0) is 4.79 Å². The van der Waals surface area contributed by atoms with Gasteiger partial charge in [0.25, 0.3) is 5.91 Å². The van der Waals surface area contributed by atoms with Crippen LogP contribution in [0.1, 0.15) is 0 Å². The van der Waals surface area contributed by atoms with Crippen molar-refractivity contribution in [2.75, 3.05) is 26.9 Å². The van der Waals surface area contributed by atoms with Gasteiger partial charge < -0.3 is 19.5 Å². The van der Waals surface area contributed by atoms with E-state index < -0.39 is 5.82 Å². The monoisotopic (exact) mass is 397 g/mol. The van der Waals surface area contributed by atoms with Crippen LogP contribution in [0, 0.1) is 5.82 Å². The molecular weight excluding hydrogens is 377 g/mol. The number of nitrogens with one attached hydrogen (secondary N) is 1. The normalized spacial score (nSPS) is 10.3. The summed E-state index contributed by atoms with van der Waals surface area (Å²) in [6.07, 6.45) is 0. The van der Waals surface area contributed by atoms with Gasteiger partial charge in [-0.15, -0.1) is 10.2 Å². The average molecular weight is 397 g/mol. The smallest absolute Gasteiger partial charge is 0.258 e. The van der Waals surface area contributed by atoms with Gasteiger partial charge in [0.2, 0.25) is 5.88 Å². The summed E-state index contributed by atoms with van der Waals surface area (Å²) in [4.78, 5) is 11.7. The van der Waals surface area contributed by atoms with Crippen LogP contribution >= 0.6 is 0 Å². The van der Waals surface area contributed by atoms with Crippen molar-refractivity contribution in [2.24, 2.45) is 0 Å². The van der Waals surface area contributed by atoms with E-state index in [0.29, 0.717) is 17.3 Å². The lowest BCUT2D eigenvalue weighted by Crippen LogP contribution is -2.32. The number of carbonyl (C=O) groups is 1. The number of halogens is 1. The van der Waals surface area contributed by atoms with Crippen molar-refractivity contribution < 1.29 is 23.4 Å². The fourth-order valence-electron chi connectivity index (χ4n) is 2.42. The highest BCUT2D eigenvalue weighted by Crippen LogP contribution is 2.21. The van der Waals surface area contributed by atoms with Crippen molar-refractivity contribution >= 4 is 5.91 Å². The van der Waals surface area contributed by atoms with Crippen molar-refractivity contribution in [1.82, 2.24) is 15.5 Å². The Labute approximate surface area is 167 Å². The van der Waals surface area contributed by atoms with Crippen molar-refractivity contribution in [1.29, 1.82) is 0 Å². The first kappa shape index (κ1) is 20.1. The minimum atomic E-state index is -0.421. The summed E-state index contributed by atoms with van der Waals surface area (Å²) in [5.74, 6) is 0.662. The molecule has 1 aromatic heterocycles. The predicted octanol–water partition coefficient (Wildman–Crippen LogP) is 2.87. The zero-order valence-corrected chi connectivity index (χ0v) is 15.8. The third-order valence-corrected chi connectivity index (χ3v) is 3.87. The summed E-state index contributed by atoms with van der Waals surface area (Å²) in [5.41, 5.74) is 1.62. The Morgan fingerprint density at radius 2 is 1.83 bits per heavy atom. The summed E-state index contributed by atoms with van der Waals surface area (Å²) in [5, 5.41) is 10.8. The zero-order valence-electron chi connectivity index (χ0n) is 15.8. The molecule has 2 aromatic carbocycles. The largest absolute Gasteiger partial charge is 0.497 e. The van der Waals surface area contributed by atoms with Gasteiger partial charge in [-0.25, -0.2) is 4.39 Å². The fourth-order valence-corrected chi connectivity index (χ4v) is 2.42. The SMILES string of the molecule is COc1ccc(-c2ccc(OCCNC(=O)COc3cccc(F)c3)nn2)cc1. The number of amides is 1. The summed E-state index contributed by atoms with van der Waals surface area (Å²) >= 11 is 0. The number of carbonyl (C=O) groups excluding carboxylic acids is 1. The second kappa shape index (κ2) is 10.0. The van der Waals surface area contributed by atoms with Crippen LogP contribution in [-0.4, -0.2) is 43.0 Å². The van der Waals surface area contributed by atoms with Gasteiger partial charge in [-0.1, -0.05) is 6.07 Å². The molecule has 0 unspecified atom stereocenters. The minimum Gasteiger partial charge on any atom is -0.497 e. The van der Waals surface area contributed by atoms with E-state index in [-0.39, 0.29) is 25.7 Å². The molecule has 0 atom stereocenters. The first-order valence-corrected chi connectivity index (χ1v) is 8.90. The molecule has 3 rings (SSSR count). The highest BCUT2D eigenvalue weighted by molar-refractivity contribution is 5.77. The Morgan fingerprint density at radius 1 is 1.00 bits per heavy atom. The molecule has 0 aliphatic rings. The van der Waals surface area contributed by atoms with E-state index in [2.05, 4.69) is 15.5 Å². The Hall–Kier alpha value is -3.68. The second-order valence-corrected chi connectivity index (χ2v) is 5.93. The first-order valence-electron chi connectivity index (χ1n) is 8.90. The van der Waals surface area contributed by atoms with Gasteiger partial charge in [-0.05, 0) is 42.5 Å². The van der Waals surface area contributed by atoms with Gasteiger partial charge >= 0.3 is 0 Å². The number of benzene rings is 2. The maximum absolute atomic E-state index is 13.0. The summed E-state index contributed by atoms with van der Waals surface area (Å²) in [7, 11) is 1.61. The molecule has 8 heteroatoms. The number of methoxy groups -OCH3 is 1. The number of ether oxygens (including phenoxy) is 3. The van der Waals surface area contributed by atoms with Crippen molar-refractivity contribution in [3.8, 4) is 28.6 Å². The van der Waals surface area contributed by atoms with E-state index >= 15 is 0 Å². The quantitative estimate of drug-likeness (QED) is 0.559. The van der Waals surface area contributed by atoms with Gasteiger partial charge in [0, 0.05) is 17.7 Å². The van der Waals surface area contributed by atoms with Crippen LogP contribution in [0.25, 0.3) is 11.3 Å². The third-order valence-electron chi connectivity index (χ3n) is 3.87. The summed E-state index contributed by atoms with van der Waals surface area (Å²) in [6, 6.07) is 16.6. The fraction of sp³-hybridized carbons (Fsp3) is 0.190. The molecule has 0 fully saturated rings. The van der Waals surface area contributed by atoms with E-state index in [1.165, 1.54) is 18.2 Å². The van der Waals surface area contributed by atoms with Gasteiger partial charge in [0.1, 0.15) is 23.9 Å². The van der Waals surface area contributed by atoms with Crippen molar-refractivity contribution in [3.05, 3.63) is 66.5 Å². The molecule has 1 amide bonds. The predicted molar refractivity (Wildman–Crippen MR) is 104 cm³/mol. The van der Waals surface area contributed by atoms with Gasteiger partial charge in [-0.2, -0.15) is 0 Å². The lowest BCUT2D eigenvalue weighted by molar-refractivity contribution is -0.123. The molecule has 0 aliphatic heterocycles. The van der Waals surface area contributed by atoms with Crippen LogP contribution in [0.2, 0.25) is 0 Å². The molecule has 1 heterocycles. The molecule has 0 spiro atoms. The molecule has 150 valence electrons. The molecule has 3 aromatic rings. The number of aromatic nitrogens is 2. The number of rotatable bonds is 9. The number of nitrogens with zero attached hydrogens (tertiary/aromatic N) is 2. The van der Waals surface area contributed by atoms with Crippen molar-refractivity contribution in [2.45, 2.75) is 0 Å². The van der Waals surface area contributed by atoms with E-state index in [4.69, 9.17) is 14.2 Å². The molecule has 0 radical (unpaired) electrons. The van der Waals surface area contributed by atoms with E-state index in [0.717, 1.165) is 11.3 Å². The third kappa shape index (κ3) is 6.17. The van der Waals surface area contributed by atoms with Crippen LogP contribution in [0.5, 0.6) is 17.4 Å². The van der Waals surface area contributed by atoms with Crippen molar-refractivity contribution in [3.63, 3.8) is 0 Å². The first-order chi connectivity index (χ1) is 14.1. The number of hydrogen-bond donors (Lipinski definition) is 1. The zero-order chi connectivity index (χ0) is 20.5. The summed E-state index contributed by atoms with van der Waals surface area (Å²) < 4.78 is 28.8. The van der Waals surface area contributed by atoms with Crippen LogP contribution < -0.4 is 19.5 Å². The average Bonchev–Trinajstić information content (AvgIpc) is 2.76. The Balaban J connectivity index is 1.38. The minimum absolute atomic E-state index is 0.209. The molecule has 0 saturated heterocycles. The van der Waals surface area contributed by atoms with Crippen LogP contribution in [0.3, 0.4) is 0 Å². The molecular formula is C21H20FN3O4. The highest BCUT2D eigenvalue weighted by Gasteiger charge is 2.05. The van der Waals surface area contributed by atoms with Gasteiger partial charge in [0.05, 0.1) is 19.3 Å².